The SMILES string of the molecule is Cc1cccc(C)c1-n1c(C)cc([C@H]2[C@H](c3ccccn3)NC(=S)N2c2ccc(OC(C)C)cc2)c1C. The fourth-order valence-corrected chi connectivity index (χ4v) is 5.84. The monoisotopic (exact) mass is 510 g/mol. The van der Waals surface area contributed by atoms with Crippen molar-refractivity contribution in [3.63, 3.8) is 0 Å². The molecule has 0 aliphatic carbocycles. The molecule has 37 heavy (non-hydrogen) atoms. The van der Waals surface area contributed by atoms with Crippen LogP contribution in [0.5, 0.6) is 5.75 Å². The zero-order chi connectivity index (χ0) is 26.3. The van der Waals surface area contributed by atoms with Gasteiger partial charge in [0.25, 0.3) is 0 Å². The number of ether oxygens (including phenoxy) is 1. The molecule has 1 N–H and O–H groups in total. The van der Waals surface area contributed by atoms with E-state index in [9.17, 15) is 0 Å². The molecule has 0 saturated carbocycles. The van der Waals surface area contributed by atoms with Crippen molar-refractivity contribution in [1.82, 2.24) is 14.9 Å². The van der Waals surface area contributed by atoms with Crippen LogP contribution < -0.4 is 15.0 Å². The second kappa shape index (κ2) is 10.0. The predicted molar refractivity (Wildman–Crippen MR) is 155 cm³/mol. The Morgan fingerprint density at radius 2 is 1.62 bits per heavy atom. The summed E-state index contributed by atoms with van der Waals surface area (Å²) in [7, 11) is 0. The Kier molecular flexibility index (Phi) is 6.78. The fourth-order valence-electron chi connectivity index (χ4n) is 5.50. The number of nitrogens with zero attached hydrogens (tertiary/aromatic N) is 3. The third kappa shape index (κ3) is 4.62. The zero-order valence-corrected chi connectivity index (χ0v) is 23.1. The number of aryl methyl sites for hydroxylation is 3. The van der Waals surface area contributed by atoms with Gasteiger partial charge >= 0.3 is 0 Å². The molecule has 3 heterocycles. The lowest BCUT2D eigenvalue weighted by molar-refractivity contribution is 0.242. The maximum Gasteiger partial charge on any atom is 0.174 e. The summed E-state index contributed by atoms with van der Waals surface area (Å²) < 4.78 is 8.27. The van der Waals surface area contributed by atoms with E-state index in [1.54, 1.807) is 0 Å². The molecule has 1 fully saturated rings. The van der Waals surface area contributed by atoms with Crippen LogP contribution >= 0.6 is 12.2 Å². The van der Waals surface area contributed by atoms with Crippen molar-refractivity contribution in [3.05, 3.63) is 107 Å². The maximum absolute atomic E-state index is 5.95. The van der Waals surface area contributed by atoms with Gasteiger partial charge in [-0.15, -0.1) is 0 Å². The van der Waals surface area contributed by atoms with Gasteiger partial charge in [0.15, 0.2) is 5.11 Å². The van der Waals surface area contributed by atoms with Crippen LogP contribution in [0.4, 0.5) is 5.69 Å². The van der Waals surface area contributed by atoms with E-state index in [0.29, 0.717) is 5.11 Å². The number of aromatic nitrogens is 2. The van der Waals surface area contributed by atoms with Gasteiger partial charge in [0, 0.05) is 23.3 Å². The molecule has 2 aromatic heterocycles. The Morgan fingerprint density at radius 1 is 0.919 bits per heavy atom. The molecule has 5 nitrogen and oxygen atoms in total. The minimum absolute atomic E-state index is 0.0662. The molecule has 6 heteroatoms. The van der Waals surface area contributed by atoms with Crippen molar-refractivity contribution in [2.45, 2.75) is 59.7 Å². The van der Waals surface area contributed by atoms with Gasteiger partial charge in [0.05, 0.1) is 29.6 Å². The second-order valence-corrected chi connectivity index (χ2v) is 10.4. The number of anilines is 1. The van der Waals surface area contributed by atoms with Crippen molar-refractivity contribution in [2.24, 2.45) is 0 Å². The fraction of sp³-hybridized carbons (Fsp3) is 0.290. The highest BCUT2D eigenvalue weighted by atomic mass is 32.1. The first kappa shape index (κ1) is 25.0. The Balaban J connectivity index is 1.65. The summed E-state index contributed by atoms with van der Waals surface area (Å²) in [6, 6.07) is 22.9. The standard InChI is InChI=1S/C31H34N4OS/c1-19(2)36-25-15-13-24(14-16-25)35-30(28(33-31(35)37)27-12-7-8-17-32-27)26-18-22(5)34(23(26)6)29-20(3)10-9-11-21(29)4/h7-19,28,30H,1-6H3,(H,33,37)/t28-,30-/m0/s1. The first-order valence-electron chi connectivity index (χ1n) is 12.8. The van der Waals surface area contributed by atoms with Crippen molar-refractivity contribution in [3.8, 4) is 11.4 Å². The maximum atomic E-state index is 5.95. The summed E-state index contributed by atoms with van der Waals surface area (Å²) in [5.74, 6) is 0.850. The Morgan fingerprint density at radius 3 is 2.24 bits per heavy atom. The van der Waals surface area contributed by atoms with Crippen molar-refractivity contribution < 1.29 is 4.74 Å². The van der Waals surface area contributed by atoms with E-state index >= 15 is 0 Å². The second-order valence-electron chi connectivity index (χ2n) is 10.1. The van der Waals surface area contributed by atoms with Crippen LogP contribution in [0.1, 0.15) is 59.7 Å². The van der Waals surface area contributed by atoms with Crippen molar-refractivity contribution >= 4 is 23.0 Å². The number of para-hydroxylation sites is 1. The molecule has 2 aromatic carbocycles. The summed E-state index contributed by atoms with van der Waals surface area (Å²) in [4.78, 5) is 6.94. The van der Waals surface area contributed by atoms with E-state index in [1.807, 2.05) is 44.3 Å². The minimum Gasteiger partial charge on any atom is -0.491 e. The highest BCUT2D eigenvalue weighted by molar-refractivity contribution is 7.80. The summed E-state index contributed by atoms with van der Waals surface area (Å²) in [5.41, 5.74) is 9.38. The highest BCUT2D eigenvalue weighted by Crippen LogP contribution is 2.44. The average Bonchev–Trinajstić information content (AvgIpc) is 3.35. The van der Waals surface area contributed by atoms with E-state index in [0.717, 1.165) is 17.1 Å². The third-order valence-corrected chi connectivity index (χ3v) is 7.35. The lowest BCUT2D eigenvalue weighted by Gasteiger charge is -2.28. The van der Waals surface area contributed by atoms with Gasteiger partial charge in [-0.1, -0.05) is 24.3 Å². The van der Waals surface area contributed by atoms with Crippen molar-refractivity contribution in [2.75, 3.05) is 4.90 Å². The van der Waals surface area contributed by atoms with Gasteiger partial charge in [0.2, 0.25) is 0 Å². The Bertz CT molecular complexity index is 1410. The first-order valence-corrected chi connectivity index (χ1v) is 13.2. The van der Waals surface area contributed by atoms with Crippen molar-refractivity contribution in [1.29, 1.82) is 0 Å². The molecule has 1 saturated heterocycles. The van der Waals surface area contributed by atoms with E-state index in [-0.39, 0.29) is 18.2 Å². The van der Waals surface area contributed by atoms with Gasteiger partial charge in [0.1, 0.15) is 5.75 Å². The number of hydrogen-bond acceptors (Lipinski definition) is 3. The van der Waals surface area contributed by atoms with Crippen LogP contribution in [-0.2, 0) is 0 Å². The minimum atomic E-state index is -0.0905. The largest absolute Gasteiger partial charge is 0.491 e. The molecule has 0 bridgehead atoms. The van der Waals surface area contributed by atoms with Crippen LogP contribution in [-0.4, -0.2) is 20.8 Å². The quantitative estimate of drug-likeness (QED) is 0.281. The van der Waals surface area contributed by atoms with E-state index in [2.05, 4.69) is 84.9 Å². The highest BCUT2D eigenvalue weighted by Gasteiger charge is 2.42. The molecule has 5 rings (SSSR count). The lowest BCUT2D eigenvalue weighted by atomic mass is 9.96. The molecule has 0 spiro atoms. The molecule has 190 valence electrons. The van der Waals surface area contributed by atoms with Gasteiger partial charge < -0.3 is 19.5 Å². The smallest absolute Gasteiger partial charge is 0.174 e. The van der Waals surface area contributed by atoms with Crippen LogP contribution in [0.25, 0.3) is 5.69 Å². The van der Waals surface area contributed by atoms with Crippen LogP contribution in [0.15, 0.2) is 72.9 Å². The zero-order valence-electron chi connectivity index (χ0n) is 22.3. The summed E-state index contributed by atoms with van der Waals surface area (Å²) in [5, 5.41) is 4.28. The molecule has 0 radical (unpaired) electrons. The number of rotatable bonds is 6. The molecule has 4 aromatic rings. The van der Waals surface area contributed by atoms with Crippen LogP contribution in [0.2, 0.25) is 0 Å². The van der Waals surface area contributed by atoms with Crippen LogP contribution in [0.3, 0.4) is 0 Å². The number of nitrogens with one attached hydrogen (secondary N) is 1. The molecule has 1 aliphatic heterocycles. The number of pyridine rings is 1. The number of benzene rings is 2. The predicted octanol–water partition coefficient (Wildman–Crippen LogP) is 7.07. The van der Waals surface area contributed by atoms with E-state index in [4.69, 9.17) is 21.9 Å². The number of thiocarbonyl (C=S) groups is 1. The van der Waals surface area contributed by atoms with Gasteiger partial charge in [-0.25, -0.2) is 0 Å². The Labute approximate surface area is 225 Å². The molecule has 2 atom stereocenters. The first-order chi connectivity index (χ1) is 17.8. The summed E-state index contributed by atoms with van der Waals surface area (Å²) in [6.45, 7) is 12.8. The number of hydrogen-bond donors (Lipinski definition) is 1. The molecule has 1 aliphatic rings. The summed E-state index contributed by atoms with van der Waals surface area (Å²) in [6.07, 6.45) is 1.97. The molecule has 0 unspecified atom stereocenters. The third-order valence-electron chi connectivity index (χ3n) is 7.04. The van der Waals surface area contributed by atoms with E-state index < -0.39 is 0 Å². The van der Waals surface area contributed by atoms with Gasteiger partial charge in [-0.05, 0) is 113 Å². The van der Waals surface area contributed by atoms with Gasteiger partial charge in [-0.3, -0.25) is 4.98 Å². The normalized spacial score (nSPS) is 17.4. The molecular weight excluding hydrogens is 476 g/mol. The molecule has 0 amide bonds. The topological polar surface area (TPSA) is 42.3 Å². The average molecular weight is 511 g/mol. The summed E-state index contributed by atoms with van der Waals surface area (Å²) >= 11 is 5.95. The van der Waals surface area contributed by atoms with E-state index in [1.165, 1.54) is 33.8 Å². The van der Waals surface area contributed by atoms with Gasteiger partial charge in [-0.2, -0.15) is 0 Å². The Hall–Kier alpha value is -3.64. The molecular formula is C31H34N4OS. The van der Waals surface area contributed by atoms with Crippen LogP contribution in [0, 0.1) is 27.7 Å². The lowest BCUT2D eigenvalue weighted by Crippen LogP contribution is -2.29.